The second-order valence-electron chi connectivity index (χ2n) is 6.49. The third kappa shape index (κ3) is 5.53. The van der Waals surface area contributed by atoms with Gasteiger partial charge in [0.15, 0.2) is 0 Å². The molecule has 0 radical (unpaired) electrons. The molecule has 1 amide bonds. The molecule has 0 aliphatic rings. The van der Waals surface area contributed by atoms with Crippen LogP contribution < -0.4 is 5.43 Å². The van der Waals surface area contributed by atoms with Gasteiger partial charge < -0.3 is 4.57 Å². The number of thioether (sulfide) groups is 1. The Labute approximate surface area is 188 Å². The van der Waals surface area contributed by atoms with E-state index in [-0.39, 0.29) is 5.91 Å². The second kappa shape index (κ2) is 10.1. The molecule has 1 aromatic heterocycles. The van der Waals surface area contributed by atoms with Crippen molar-refractivity contribution in [3.05, 3.63) is 86.6 Å². The molecule has 0 saturated heterocycles. The van der Waals surface area contributed by atoms with Crippen LogP contribution in [0.4, 0.5) is 0 Å². The summed E-state index contributed by atoms with van der Waals surface area (Å²) in [5.74, 6) is 0.862. The summed E-state index contributed by atoms with van der Waals surface area (Å²) < 4.78 is 3.18. The number of hydrazone groups is 1. The Morgan fingerprint density at radius 1 is 1.21 bits per heavy atom. The average molecular weight is 491 g/mol. The minimum Gasteiger partial charge on any atom is -0.317 e. The second-order valence-corrected chi connectivity index (χ2v) is 8.74. The number of aromatic nitrogens is 1. The monoisotopic (exact) mass is 489 g/mol. The van der Waals surface area contributed by atoms with Gasteiger partial charge in [0, 0.05) is 32.2 Å². The SMILES string of the molecule is Cc1cc(/C=N\NC(=O)CSCc2ccccc2Cl)c(C)n1-c1ccccc1Br. The van der Waals surface area contributed by atoms with E-state index in [4.69, 9.17) is 11.6 Å². The molecule has 2 aromatic carbocycles. The zero-order valence-electron chi connectivity index (χ0n) is 16.2. The maximum absolute atomic E-state index is 12.0. The van der Waals surface area contributed by atoms with Gasteiger partial charge in [0.2, 0.25) is 5.91 Å². The Morgan fingerprint density at radius 2 is 1.93 bits per heavy atom. The van der Waals surface area contributed by atoms with Crippen LogP contribution >= 0.6 is 39.3 Å². The van der Waals surface area contributed by atoms with Crippen LogP contribution in [0.5, 0.6) is 0 Å². The number of halogens is 2. The normalized spacial score (nSPS) is 11.2. The van der Waals surface area contributed by atoms with Gasteiger partial charge in [-0.1, -0.05) is 41.9 Å². The maximum atomic E-state index is 12.0. The summed E-state index contributed by atoms with van der Waals surface area (Å²) in [6.45, 7) is 4.09. The van der Waals surface area contributed by atoms with Crippen molar-refractivity contribution in [2.24, 2.45) is 5.10 Å². The molecule has 150 valence electrons. The molecule has 0 fully saturated rings. The van der Waals surface area contributed by atoms with E-state index in [9.17, 15) is 4.79 Å². The van der Waals surface area contributed by atoms with Gasteiger partial charge in [-0.05, 0) is 59.6 Å². The van der Waals surface area contributed by atoms with Crippen molar-refractivity contribution in [3.8, 4) is 5.69 Å². The van der Waals surface area contributed by atoms with Gasteiger partial charge >= 0.3 is 0 Å². The molecule has 0 atom stereocenters. The molecular formula is C22H21BrClN3OS. The van der Waals surface area contributed by atoms with Gasteiger partial charge in [0.25, 0.3) is 0 Å². The largest absolute Gasteiger partial charge is 0.317 e. The van der Waals surface area contributed by atoms with Crippen LogP contribution in [0.1, 0.15) is 22.5 Å². The average Bonchev–Trinajstić information content (AvgIpc) is 2.97. The van der Waals surface area contributed by atoms with E-state index in [2.05, 4.69) is 43.2 Å². The Hall–Kier alpha value is -2.02. The number of hydrogen-bond donors (Lipinski definition) is 1. The summed E-state index contributed by atoms with van der Waals surface area (Å²) in [7, 11) is 0. The number of carbonyl (C=O) groups is 1. The molecule has 3 rings (SSSR count). The van der Waals surface area contributed by atoms with Gasteiger partial charge in [-0.25, -0.2) is 5.43 Å². The first-order valence-electron chi connectivity index (χ1n) is 9.04. The van der Waals surface area contributed by atoms with Gasteiger partial charge in [0.05, 0.1) is 17.7 Å². The van der Waals surface area contributed by atoms with E-state index < -0.39 is 0 Å². The Morgan fingerprint density at radius 3 is 2.69 bits per heavy atom. The van der Waals surface area contributed by atoms with Crippen LogP contribution in [0.3, 0.4) is 0 Å². The standard InChI is InChI=1S/C22H21BrClN3OS/c1-15-11-18(16(2)27(15)21-10-6-4-8-19(21)23)12-25-26-22(28)14-29-13-17-7-3-5-9-20(17)24/h3-12H,13-14H2,1-2H3,(H,26,28)/b25-12-. The number of amides is 1. The topological polar surface area (TPSA) is 46.4 Å². The lowest BCUT2D eigenvalue weighted by Crippen LogP contribution is -2.19. The molecule has 3 aromatic rings. The summed E-state index contributed by atoms with van der Waals surface area (Å²) in [6, 6.07) is 17.8. The van der Waals surface area contributed by atoms with E-state index in [0.717, 1.165) is 37.7 Å². The lowest BCUT2D eigenvalue weighted by molar-refractivity contribution is -0.118. The number of para-hydroxylation sites is 1. The number of hydrogen-bond acceptors (Lipinski definition) is 3. The highest BCUT2D eigenvalue weighted by molar-refractivity contribution is 9.10. The fourth-order valence-electron chi connectivity index (χ4n) is 3.00. The quantitative estimate of drug-likeness (QED) is 0.331. The molecule has 1 N–H and O–H groups in total. The number of benzene rings is 2. The number of aryl methyl sites for hydroxylation is 1. The highest BCUT2D eigenvalue weighted by Gasteiger charge is 2.11. The molecular weight excluding hydrogens is 470 g/mol. The lowest BCUT2D eigenvalue weighted by Gasteiger charge is -2.11. The Bertz CT molecular complexity index is 1050. The van der Waals surface area contributed by atoms with Gasteiger partial charge in [0.1, 0.15) is 0 Å². The highest BCUT2D eigenvalue weighted by atomic mass is 79.9. The van der Waals surface area contributed by atoms with Gasteiger partial charge in [-0.3, -0.25) is 4.79 Å². The molecule has 0 bridgehead atoms. The van der Waals surface area contributed by atoms with Crippen LogP contribution in [0.2, 0.25) is 5.02 Å². The smallest absolute Gasteiger partial charge is 0.250 e. The molecule has 0 aliphatic heterocycles. The van der Waals surface area contributed by atoms with Crippen molar-refractivity contribution >= 4 is 51.4 Å². The molecule has 0 unspecified atom stereocenters. The first kappa shape index (κ1) is 21.7. The fraction of sp³-hybridized carbons (Fsp3) is 0.182. The Kier molecular flexibility index (Phi) is 7.58. The molecule has 0 spiro atoms. The zero-order chi connectivity index (χ0) is 20.8. The van der Waals surface area contributed by atoms with Crippen molar-refractivity contribution in [1.82, 2.24) is 9.99 Å². The van der Waals surface area contributed by atoms with Crippen molar-refractivity contribution < 1.29 is 4.79 Å². The van der Waals surface area contributed by atoms with Crippen LogP contribution in [0, 0.1) is 13.8 Å². The molecule has 1 heterocycles. The zero-order valence-corrected chi connectivity index (χ0v) is 19.3. The fourth-order valence-corrected chi connectivity index (χ4v) is 4.56. The highest BCUT2D eigenvalue weighted by Crippen LogP contribution is 2.26. The predicted molar refractivity (Wildman–Crippen MR) is 126 cm³/mol. The molecule has 0 aliphatic carbocycles. The van der Waals surface area contributed by atoms with Gasteiger partial charge in [-0.15, -0.1) is 11.8 Å². The predicted octanol–water partition coefficient (Wildman–Crippen LogP) is 5.89. The third-order valence-electron chi connectivity index (χ3n) is 4.41. The molecule has 29 heavy (non-hydrogen) atoms. The third-order valence-corrected chi connectivity index (χ3v) is 6.43. The number of carbonyl (C=O) groups excluding carboxylic acids is 1. The summed E-state index contributed by atoms with van der Waals surface area (Å²) >= 11 is 11.2. The summed E-state index contributed by atoms with van der Waals surface area (Å²) in [5.41, 5.74) is 7.80. The number of nitrogens with zero attached hydrogens (tertiary/aromatic N) is 2. The van der Waals surface area contributed by atoms with Crippen LogP contribution in [0.15, 0.2) is 64.2 Å². The molecule has 0 saturated carbocycles. The summed E-state index contributed by atoms with van der Waals surface area (Å²) in [5, 5.41) is 4.85. The van der Waals surface area contributed by atoms with E-state index in [1.165, 1.54) is 11.8 Å². The van der Waals surface area contributed by atoms with E-state index in [1.807, 2.05) is 56.3 Å². The van der Waals surface area contributed by atoms with E-state index >= 15 is 0 Å². The maximum Gasteiger partial charge on any atom is 0.250 e. The van der Waals surface area contributed by atoms with E-state index in [1.54, 1.807) is 6.21 Å². The minimum absolute atomic E-state index is 0.141. The van der Waals surface area contributed by atoms with Crippen molar-refractivity contribution in [1.29, 1.82) is 0 Å². The first-order valence-corrected chi connectivity index (χ1v) is 11.4. The van der Waals surface area contributed by atoms with Crippen LogP contribution in [-0.2, 0) is 10.5 Å². The van der Waals surface area contributed by atoms with Crippen LogP contribution in [-0.4, -0.2) is 22.4 Å². The number of nitrogens with one attached hydrogen (secondary N) is 1. The first-order chi connectivity index (χ1) is 14.0. The van der Waals surface area contributed by atoms with E-state index in [0.29, 0.717) is 11.5 Å². The van der Waals surface area contributed by atoms with Crippen molar-refractivity contribution in [2.75, 3.05) is 5.75 Å². The number of rotatable bonds is 7. The van der Waals surface area contributed by atoms with Gasteiger partial charge in [-0.2, -0.15) is 5.10 Å². The lowest BCUT2D eigenvalue weighted by atomic mass is 10.2. The van der Waals surface area contributed by atoms with Crippen LogP contribution in [0.25, 0.3) is 5.69 Å². The molecule has 7 heteroatoms. The van der Waals surface area contributed by atoms with Crippen molar-refractivity contribution in [2.45, 2.75) is 19.6 Å². The van der Waals surface area contributed by atoms with Crippen molar-refractivity contribution in [3.63, 3.8) is 0 Å². The summed E-state index contributed by atoms with van der Waals surface area (Å²) in [6.07, 6.45) is 1.69. The Balaban J connectivity index is 1.58. The minimum atomic E-state index is -0.141. The molecule has 4 nitrogen and oxygen atoms in total. The summed E-state index contributed by atoms with van der Waals surface area (Å²) in [4.78, 5) is 12.0.